The van der Waals surface area contributed by atoms with E-state index >= 15 is 0 Å². The van der Waals surface area contributed by atoms with Gasteiger partial charge in [-0.2, -0.15) is 0 Å². The highest BCUT2D eigenvalue weighted by atomic mass is 16.5. The van der Waals surface area contributed by atoms with E-state index in [1.54, 1.807) is 6.92 Å². The molecule has 1 atom stereocenters. The molecule has 1 rings (SSSR count). The van der Waals surface area contributed by atoms with Crippen LogP contribution in [0.1, 0.15) is 22.8 Å². The molecule has 1 aromatic carbocycles. The number of hydrogen-bond donors (Lipinski definition) is 3. The van der Waals surface area contributed by atoms with Gasteiger partial charge in [-0.25, -0.2) is 9.59 Å². The summed E-state index contributed by atoms with van der Waals surface area (Å²) in [7, 11) is 0. The molecule has 0 aliphatic carbocycles. The van der Waals surface area contributed by atoms with Crippen LogP contribution in [0.2, 0.25) is 0 Å². The minimum atomic E-state index is -1.16. The fourth-order valence-electron chi connectivity index (χ4n) is 1.65. The molecule has 0 heterocycles. The third-order valence-electron chi connectivity index (χ3n) is 2.71. The highest BCUT2D eigenvalue weighted by Crippen LogP contribution is 2.07. The fraction of sp³-hybridized carbons (Fsp3) is 0.357. The van der Waals surface area contributed by atoms with Crippen LogP contribution >= 0.6 is 0 Å². The van der Waals surface area contributed by atoms with Crippen LogP contribution in [0.15, 0.2) is 24.3 Å². The number of hydrogen-bond acceptors (Lipinski definition) is 4. The molecule has 114 valence electrons. The van der Waals surface area contributed by atoms with Crippen LogP contribution < -0.4 is 5.32 Å². The maximum absolute atomic E-state index is 11.5. The third-order valence-corrected chi connectivity index (χ3v) is 2.71. The predicted molar refractivity (Wildman–Crippen MR) is 73.2 cm³/mol. The molecule has 0 aliphatic rings. The van der Waals surface area contributed by atoms with Crippen LogP contribution in [-0.2, 0) is 20.7 Å². The molecule has 1 aromatic rings. The lowest BCUT2D eigenvalue weighted by Crippen LogP contribution is -2.43. The predicted octanol–water partition coefficient (Wildman–Crippen LogP) is 0.533. The number of carbonyl (C=O) groups excluding carboxylic acids is 1. The zero-order valence-electron chi connectivity index (χ0n) is 11.5. The first-order valence-electron chi connectivity index (χ1n) is 6.36. The average molecular weight is 295 g/mol. The maximum atomic E-state index is 11.5. The summed E-state index contributed by atoms with van der Waals surface area (Å²) in [5.41, 5.74) is 0.732. The van der Waals surface area contributed by atoms with Crippen LogP contribution in [0, 0.1) is 0 Å². The van der Waals surface area contributed by atoms with Gasteiger partial charge in [0.2, 0.25) is 5.91 Å². The van der Waals surface area contributed by atoms with Gasteiger partial charge in [0.25, 0.3) is 0 Å². The molecule has 0 radical (unpaired) electrons. The minimum Gasteiger partial charge on any atom is -0.480 e. The van der Waals surface area contributed by atoms with Crippen molar-refractivity contribution in [1.29, 1.82) is 0 Å². The number of carboxylic acids is 2. The molecule has 0 fully saturated rings. The number of amides is 1. The van der Waals surface area contributed by atoms with Crippen molar-refractivity contribution in [2.24, 2.45) is 0 Å². The molecular formula is C14H17NO6. The smallest absolute Gasteiger partial charge is 0.335 e. The first-order chi connectivity index (χ1) is 9.93. The number of benzene rings is 1. The topological polar surface area (TPSA) is 113 Å². The number of carboxylic acid groups (broad SMARTS) is 2. The van der Waals surface area contributed by atoms with Crippen LogP contribution in [0.25, 0.3) is 0 Å². The van der Waals surface area contributed by atoms with Crippen molar-refractivity contribution in [2.45, 2.75) is 19.4 Å². The maximum Gasteiger partial charge on any atom is 0.335 e. The standard InChI is InChI=1S/C14H17NO6/c1-2-21-8-12(16)15-11(14(19)20)7-9-3-5-10(6-4-9)13(17)18/h3-6,11H,2,7-8H2,1H3,(H,15,16)(H,17,18)(H,19,20)/t11-/m0/s1. The van der Waals surface area contributed by atoms with Gasteiger partial charge in [0, 0.05) is 13.0 Å². The van der Waals surface area contributed by atoms with Gasteiger partial charge in [0.1, 0.15) is 12.6 Å². The van der Waals surface area contributed by atoms with Crippen molar-refractivity contribution in [3.63, 3.8) is 0 Å². The monoisotopic (exact) mass is 295 g/mol. The lowest BCUT2D eigenvalue weighted by Gasteiger charge is -2.14. The number of rotatable bonds is 8. The van der Waals surface area contributed by atoms with Crippen molar-refractivity contribution >= 4 is 17.8 Å². The number of ether oxygens (including phenoxy) is 1. The van der Waals surface area contributed by atoms with Gasteiger partial charge in [-0.3, -0.25) is 4.79 Å². The minimum absolute atomic E-state index is 0.0626. The van der Waals surface area contributed by atoms with Crippen LogP contribution in [0.5, 0.6) is 0 Å². The second-order valence-corrected chi connectivity index (χ2v) is 4.30. The van der Waals surface area contributed by atoms with Gasteiger partial charge in [-0.1, -0.05) is 12.1 Å². The Morgan fingerprint density at radius 2 is 1.81 bits per heavy atom. The van der Waals surface area contributed by atoms with Gasteiger partial charge < -0.3 is 20.3 Å². The summed E-state index contributed by atoms with van der Waals surface area (Å²) in [4.78, 5) is 33.3. The zero-order chi connectivity index (χ0) is 15.8. The molecule has 3 N–H and O–H groups in total. The number of carbonyl (C=O) groups is 3. The molecule has 0 unspecified atom stereocenters. The molecule has 7 nitrogen and oxygen atoms in total. The molecule has 7 heteroatoms. The quantitative estimate of drug-likeness (QED) is 0.645. The summed E-state index contributed by atoms with van der Waals surface area (Å²) < 4.78 is 4.90. The summed E-state index contributed by atoms with van der Waals surface area (Å²) in [5.74, 6) is -2.73. The van der Waals surface area contributed by atoms with E-state index in [0.717, 1.165) is 0 Å². The fourth-order valence-corrected chi connectivity index (χ4v) is 1.65. The Hall–Kier alpha value is -2.41. The highest BCUT2D eigenvalue weighted by molar-refractivity contribution is 5.87. The van der Waals surface area contributed by atoms with E-state index in [4.69, 9.17) is 14.9 Å². The second-order valence-electron chi connectivity index (χ2n) is 4.30. The number of aromatic carboxylic acids is 1. The summed E-state index contributed by atoms with van der Waals surface area (Å²) >= 11 is 0. The van der Waals surface area contributed by atoms with E-state index in [0.29, 0.717) is 12.2 Å². The van der Waals surface area contributed by atoms with Crippen molar-refractivity contribution in [1.82, 2.24) is 5.32 Å². The Labute approximate surface area is 121 Å². The Morgan fingerprint density at radius 3 is 2.29 bits per heavy atom. The van der Waals surface area contributed by atoms with E-state index < -0.39 is 23.9 Å². The lowest BCUT2D eigenvalue weighted by molar-refractivity contribution is -0.142. The number of aliphatic carboxylic acids is 1. The largest absolute Gasteiger partial charge is 0.480 e. The van der Waals surface area contributed by atoms with Gasteiger partial charge in [0.15, 0.2) is 0 Å². The summed E-state index contributed by atoms with van der Waals surface area (Å²) in [6.07, 6.45) is 0.0626. The van der Waals surface area contributed by atoms with Crippen molar-refractivity contribution in [3.05, 3.63) is 35.4 Å². The summed E-state index contributed by atoms with van der Waals surface area (Å²) in [6.45, 7) is 1.89. The lowest BCUT2D eigenvalue weighted by atomic mass is 10.0. The molecule has 0 spiro atoms. The molecule has 0 saturated carbocycles. The molecule has 21 heavy (non-hydrogen) atoms. The zero-order valence-corrected chi connectivity index (χ0v) is 11.5. The molecular weight excluding hydrogens is 278 g/mol. The van der Waals surface area contributed by atoms with E-state index in [1.807, 2.05) is 0 Å². The van der Waals surface area contributed by atoms with Gasteiger partial charge in [-0.05, 0) is 24.6 Å². The van der Waals surface area contributed by atoms with E-state index in [2.05, 4.69) is 5.32 Å². The normalized spacial score (nSPS) is 11.7. The Morgan fingerprint density at radius 1 is 1.19 bits per heavy atom. The van der Waals surface area contributed by atoms with Crippen molar-refractivity contribution in [3.8, 4) is 0 Å². The van der Waals surface area contributed by atoms with Crippen LogP contribution in [-0.4, -0.2) is 47.3 Å². The van der Waals surface area contributed by atoms with Gasteiger partial charge >= 0.3 is 11.9 Å². The Kier molecular flexibility index (Phi) is 6.35. The SMILES string of the molecule is CCOCC(=O)N[C@@H](Cc1ccc(C(=O)O)cc1)C(=O)O. The Bertz CT molecular complexity index is 511. The molecule has 0 bridgehead atoms. The van der Waals surface area contributed by atoms with Crippen LogP contribution in [0.4, 0.5) is 0 Å². The van der Waals surface area contributed by atoms with Crippen molar-refractivity contribution in [2.75, 3.05) is 13.2 Å². The number of nitrogens with one attached hydrogen (secondary N) is 1. The van der Waals surface area contributed by atoms with E-state index in [9.17, 15) is 14.4 Å². The van der Waals surface area contributed by atoms with Gasteiger partial charge in [-0.15, -0.1) is 0 Å². The average Bonchev–Trinajstić information content (AvgIpc) is 2.44. The molecule has 0 saturated heterocycles. The van der Waals surface area contributed by atoms with E-state index in [1.165, 1.54) is 24.3 Å². The first-order valence-corrected chi connectivity index (χ1v) is 6.36. The summed E-state index contributed by atoms with van der Waals surface area (Å²) in [6, 6.07) is 4.73. The van der Waals surface area contributed by atoms with Gasteiger partial charge in [0.05, 0.1) is 5.56 Å². The van der Waals surface area contributed by atoms with E-state index in [-0.39, 0.29) is 18.6 Å². The van der Waals surface area contributed by atoms with Crippen LogP contribution in [0.3, 0.4) is 0 Å². The first kappa shape index (κ1) is 16.6. The second kappa shape index (κ2) is 8.01. The molecule has 1 amide bonds. The highest BCUT2D eigenvalue weighted by Gasteiger charge is 2.20. The Balaban J connectivity index is 2.67. The third kappa shape index (κ3) is 5.62. The van der Waals surface area contributed by atoms with Crippen molar-refractivity contribution < 1.29 is 29.3 Å². The molecule has 0 aromatic heterocycles. The molecule has 0 aliphatic heterocycles. The summed E-state index contributed by atoms with van der Waals surface area (Å²) in [5, 5.41) is 20.2.